The van der Waals surface area contributed by atoms with Gasteiger partial charge in [-0.25, -0.2) is 8.42 Å². The standard InChI is InChI=1S/C16H28N2O2S/c1-6-16(17-7-2)14-10-9-11-15(12-14)21(19,20)18(8-3)13(4)5/h9-13,16-17H,6-8H2,1-5H3. The molecule has 0 bridgehead atoms. The van der Waals surface area contributed by atoms with Crippen LogP contribution in [0.3, 0.4) is 0 Å². The molecule has 1 N–H and O–H groups in total. The Bertz CT molecular complexity index is 541. The van der Waals surface area contributed by atoms with Crippen molar-refractivity contribution in [2.75, 3.05) is 13.1 Å². The molecule has 1 unspecified atom stereocenters. The maximum atomic E-state index is 12.7. The van der Waals surface area contributed by atoms with Crippen molar-refractivity contribution >= 4 is 10.0 Å². The van der Waals surface area contributed by atoms with Gasteiger partial charge < -0.3 is 5.32 Å². The van der Waals surface area contributed by atoms with E-state index in [9.17, 15) is 8.42 Å². The van der Waals surface area contributed by atoms with Gasteiger partial charge in [-0.2, -0.15) is 4.31 Å². The normalized spacial score (nSPS) is 13.9. The van der Waals surface area contributed by atoms with E-state index in [2.05, 4.69) is 19.2 Å². The average molecular weight is 312 g/mol. The second-order valence-corrected chi connectivity index (χ2v) is 7.28. The Morgan fingerprint density at radius 1 is 1.19 bits per heavy atom. The van der Waals surface area contributed by atoms with Crippen LogP contribution in [0.5, 0.6) is 0 Å². The third-order valence-corrected chi connectivity index (χ3v) is 5.76. The highest BCUT2D eigenvalue weighted by molar-refractivity contribution is 7.89. The molecule has 0 saturated heterocycles. The van der Waals surface area contributed by atoms with Crippen molar-refractivity contribution in [2.45, 2.75) is 58.0 Å². The number of rotatable bonds is 8. The number of nitrogens with one attached hydrogen (secondary N) is 1. The van der Waals surface area contributed by atoms with E-state index < -0.39 is 10.0 Å². The van der Waals surface area contributed by atoms with Gasteiger partial charge in [-0.3, -0.25) is 0 Å². The molecule has 0 aliphatic heterocycles. The van der Waals surface area contributed by atoms with E-state index in [1.165, 1.54) is 4.31 Å². The van der Waals surface area contributed by atoms with Gasteiger partial charge in [0.15, 0.2) is 0 Å². The molecule has 0 radical (unpaired) electrons. The van der Waals surface area contributed by atoms with Crippen LogP contribution in [0.1, 0.15) is 52.6 Å². The monoisotopic (exact) mass is 312 g/mol. The van der Waals surface area contributed by atoms with Gasteiger partial charge >= 0.3 is 0 Å². The fourth-order valence-electron chi connectivity index (χ4n) is 2.58. The van der Waals surface area contributed by atoms with Crippen LogP contribution in [0.4, 0.5) is 0 Å². The van der Waals surface area contributed by atoms with Gasteiger partial charge in [0.05, 0.1) is 4.90 Å². The highest BCUT2D eigenvalue weighted by Crippen LogP contribution is 2.23. The van der Waals surface area contributed by atoms with Crippen molar-refractivity contribution < 1.29 is 8.42 Å². The van der Waals surface area contributed by atoms with Gasteiger partial charge in [0.25, 0.3) is 0 Å². The summed E-state index contributed by atoms with van der Waals surface area (Å²) in [6.07, 6.45) is 0.930. The Balaban J connectivity index is 3.20. The van der Waals surface area contributed by atoms with Crippen LogP contribution in [-0.2, 0) is 10.0 Å². The van der Waals surface area contributed by atoms with Crippen LogP contribution in [0, 0.1) is 0 Å². The highest BCUT2D eigenvalue weighted by Gasteiger charge is 2.26. The number of benzene rings is 1. The van der Waals surface area contributed by atoms with E-state index >= 15 is 0 Å². The predicted molar refractivity (Wildman–Crippen MR) is 87.9 cm³/mol. The Kier molecular flexibility index (Phi) is 6.84. The maximum absolute atomic E-state index is 12.7. The lowest BCUT2D eigenvalue weighted by Crippen LogP contribution is -2.36. The molecule has 0 aliphatic carbocycles. The molecule has 0 heterocycles. The highest BCUT2D eigenvalue weighted by atomic mass is 32.2. The minimum atomic E-state index is -3.42. The SMILES string of the molecule is CCNC(CC)c1cccc(S(=O)(=O)N(CC)C(C)C)c1. The van der Waals surface area contributed by atoms with Crippen LogP contribution >= 0.6 is 0 Å². The molecule has 0 saturated carbocycles. The lowest BCUT2D eigenvalue weighted by molar-refractivity contribution is 0.369. The number of nitrogens with zero attached hydrogens (tertiary/aromatic N) is 1. The molecular formula is C16H28N2O2S. The van der Waals surface area contributed by atoms with Crippen LogP contribution in [0.15, 0.2) is 29.2 Å². The Morgan fingerprint density at radius 3 is 2.33 bits per heavy atom. The van der Waals surface area contributed by atoms with Crippen LogP contribution < -0.4 is 5.32 Å². The van der Waals surface area contributed by atoms with E-state index in [4.69, 9.17) is 0 Å². The summed E-state index contributed by atoms with van der Waals surface area (Å²) in [5.41, 5.74) is 1.03. The maximum Gasteiger partial charge on any atom is 0.243 e. The van der Waals surface area contributed by atoms with E-state index in [0.29, 0.717) is 11.4 Å². The molecule has 21 heavy (non-hydrogen) atoms. The van der Waals surface area contributed by atoms with Gasteiger partial charge in [0, 0.05) is 18.6 Å². The molecule has 4 nitrogen and oxygen atoms in total. The fraction of sp³-hybridized carbons (Fsp3) is 0.625. The third kappa shape index (κ3) is 4.28. The smallest absolute Gasteiger partial charge is 0.243 e. The average Bonchev–Trinajstić information content (AvgIpc) is 2.44. The minimum Gasteiger partial charge on any atom is -0.310 e. The first-order valence-corrected chi connectivity index (χ1v) is 9.17. The zero-order valence-corrected chi connectivity index (χ0v) is 14.6. The lowest BCUT2D eigenvalue weighted by Gasteiger charge is -2.25. The predicted octanol–water partition coefficient (Wildman–Crippen LogP) is 3.17. The quantitative estimate of drug-likeness (QED) is 0.802. The zero-order valence-electron chi connectivity index (χ0n) is 13.8. The van der Waals surface area contributed by atoms with Crippen LogP contribution in [-0.4, -0.2) is 31.9 Å². The summed E-state index contributed by atoms with van der Waals surface area (Å²) in [5.74, 6) is 0. The van der Waals surface area contributed by atoms with E-state index in [1.54, 1.807) is 12.1 Å². The fourth-order valence-corrected chi connectivity index (χ4v) is 4.29. The van der Waals surface area contributed by atoms with E-state index in [-0.39, 0.29) is 12.1 Å². The number of sulfonamides is 1. The molecule has 5 heteroatoms. The molecule has 120 valence electrons. The Labute approximate surface area is 129 Å². The van der Waals surface area contributed by atoms with Crippen molar-refractivity contribution in [3.63, 3.8) is 0 Å². The lowest BCUT2D eigenvalue weighted by atomic mass is 10.0. The minimum absolute atomic E-state index is 0.0422. The number of hydrogen-bond acceptors (Lipinski definition) is 3. The van der Waals surface area contributed by atoms with Crippen molar-refractivity contribution in [3.8, 4) is 0 Å². The molecule has 1 aromatic rings. The van der Waals surface area contributed by atoms with E-state index in [0.717, 1.165) is 18.5 Å². The second-order valence-electron chi connectivity index (χ2n) is 5.39. The van der Waals surface area contributed by atoms with Crippen LogP contribution in [0.2, 0.25) is 0 Å². The molecule has 0 amide bonds. The van der Waals surface area contributed by atoms with Crippen molar-refractivity contribution in [1.82, 2.24) is 9.62 Å². The first-order valence-electron chi connectivity index (χ1n) is 7.73. The molecule has 0 aliphatic rings. The van der Waals surface area contributed by atoms with Gasteiger partial charge in [-0.15, -0.1) is 0 Å². The number of hydrogen-bond donors (Lipinski definition) is 1. The van der Waals surface area contributed by atoms with Gasteiger partial charge in [-0.1, -0.05) is 32.9 Å². The van der Waals surface area contributed by atoms with Gasteiger partial charge in [0.1, 0.15) is 0 Å². The summed E-state index contributed by atoms with van der Waals surface area (Å²) in [6.45, 7) is 11.2. The topological polar surface area (TPSA) is 49.4 Å². The summed E-state index contributed by atoms with van der Waals surface area (Å²) in [5, 5.41) is 3.38. The summed E-state index contributed by atoms with van der Waals surface area (Å²) in [6, 6.07) is 7.45. The summed E-state index contributed by atoms with van der Waals surface area (Å²) in [4.78, 5) is 0.381. The van der Waals surface area contributed by atoms with Gasteiger partial charge in [-0.05, 0) is 44.5 Å². The van der Waals surface area contributed by atoms with Gasteiger partial charge in [0.2, 0.25) is 10.0 Å². The molecular weight excluding hydrogens is 284 g/mol. The summed E-state index contributed by atoms with van der Waals surface area (Å²) >= 11 is 0. The molecule has 1 rings (SSSR count). The van der Waals surface area contributed by atoms with Crippen molar-refractivity contribution in [2.24, 2.45) is 0 Å². The molecule has 0 spiro atoms. The Morgan fingerprint density at radius 2 is 1.86 bits per heavy atom. The first-order chi connectivity index (χ1) is 9.88. The Hall–Kier alpha value is -0.910. The molecule has 1 atom stereocenters. The molecule has 0 aromatic heterocycles. The summed E-state index contributed by atoms with van der Waals surface area (Å²) in [7, 11) is -3.42. The van der Waals surface area contributed by atoms with Crippen molar-refractivity contribution in [1.29, 1.82) is 0 Å². The van der Waals surface area contributed by atoms with E-state index in [1.807, 2.05) is 32.9 Å². The first kappa shape index (κ1) is 18.1. The third-order valence-electron chi connectivity index (χ3n) is 3.61. The molecule has 1 aromatic carbocycles. The van der Waals surface area contributed by atoms with Crippen molar-refractivity contribution in [3.05, 3.63) is 29.8 Å². The summed E-state index contributed by atoms with van der Waals surface area (Å²) < 4.78 is 27.0. The second kappa shape index (κ2) is 7.92. The van der Waals surface area contributed by atoms with Crippen LogP contribution in [0.25, 0.3) is 0 Å². The largest absolute Gasteiger partial charge is 0.310 e. The zero-order chi connectivity index (χ0) is 16.0. The molecule has 0 fully saturated rings.